The van der Waals surface area contributed by atoms with Crippen molar-refractivity contribution in [3.05, 3.63) is 12.2 Å². The first-order chi connectivity index (χ1) is 5.86. The molecule has 2 aliphatic rings. The highest BCUT2D eigenvalue weighted by molar-refractivity contribution is 5.84. The minimum Gasteiger partial charge on any atom is -0.453 e. The van der Waals surface area contributed by atoms with Crippen LogP contribution in [0.15, 0.2) is 12.2 Å². The van der Waals surface area contributed by atoms with Crippen LogP contribution in [0.25, 0.3) is 0 Å². The van der Waals surface area contributed by atoms with Crippen LogP contribution in [0.5, 0.6) is 0 Å². The van der Waals surface area contributed by atoms with Gasteiger partial charge < -0.3 is 10.1 Å². The minimum atomic E-state index is -0.202. The molecule has 2 rings (SSSR count). The number of carbonyl (C=O) groups is 1. The van der Waals surface area contributed by atoms with Crippen molar-refractivity contribution < 1.29 is 9.53 Å². The van der Waals surface area contributed by atoms with Gasteiger partial charge in [-0.1, -0.05) is 6.42 Å². The lowest BCUT2D eigenvalue weighted by atomic mass is 10.0. The molecule has 2 atom stereocenters. The molecule has 66 valence electrons. The van der Waals surface area contributed by atoms with Crippen LogP contribution in [0.1, 0.15) is 19.3 Å². The third kappa shape index (κ3) is 1.50. The summed E-state index contributed by atoms with van der Waals surface area (Å²) in [6, 6.07) is 0.349. The number of esters is 1. The predicted octanol–water partition coefficient (Wildman–Crippen LogP) is 0.610. The van der Waals surface area contributed by atoms with Gasteiger partial charge in [0.25, 0.3) is 0 Å². The highest BCUT2D eigenvalue weighted by atomic mass is 16.5. The van der Waals surface area contributed by atoms with E-state index < -0.39 is 0 Å². The van der Waals surface area contributed by atoms with E-state index in [0.29, 0.717) is 6.04 Å². The number of ether oxygens (including phenoxy) is 1. The van der Waals surface area contributed by atoms with Crippen molar-refractivity contribution in [3.8, 4) is 0 Å². The van der Waals surface area contributed by atoms with E-state index in [2.05, 4.69) is 5.32 Å². The maximum absolute atomic E-state index is 10.8. The van der Waals surface area contributed by atoms with E-state index in [1.54, 1.807) is 0 Å². The number of hydrogen-bond donors (Lipinski definition) is 1. The summed E-state index contributed by atoms with van der Waals surface area (Å²) < 4.78 is 5.09. The second-order valence-corrected chi connectivity index (χ2v) is 3.32. The quantitative estimate of drug-likeness (QED) is 0.581. The Balaban J connectivity index is 1.91. The van der Waals surface area contributed by atoms with Gasteiger partial charge in [-0.05, 0) is 25.5 Å². The van der Waals surface area contributed by atoms with Gasteiger partial charge in [0.05, 0.1) is 0 Å². The summed E-state index contributed by atoms with van der Waals surface area (Å²) in [6.45, 7) is 1.05. The van der Waals surface area contributed by atoms with Gasteiger partial charge in [-0.3, -0.25) is 0 Å². The van der Waals surface area contributed by atoms with Gasteiger partial charge >= 0.3 is 5.97 Å². The first-order valence-electron chi connectivity index (χ1n) is 4.48. The number of piperidine rings is 1. The van der Waals surface area contributed by atoms with Gasteiger partial charge in [0.2, 0.25) is 0 Å². The maximum atomic E-state index is 10.8. The topological polar surface area (TPSA) is 38.3 Å². The lowest BCUT2D eigenvalue weighted by molar-refractivity contribution is -0.139. The summed E-state index contributed by atoms with van der Waals surface area (Å²) in [6.07, 6.45) is 6.94. The highest BCUT2D eigenvalue weighted by Crippen LogP contribution is 2.17. The van der Waals surface area contributed by atoms with E-state index in [1.807, 2.05) is 6.08 Å². The fourth-order valence-electron chi connectivity index (χ4n) is 1.76. The number of hydrogen-bond acceptors (Lipinski definition) is 3. The lowest BCUT2D eigenvalue weighted by Gasteiger charge is -2.26. The molecule has 3 heteroatoms. The Bertz CT molecular complexity index is 207. The van der Waals surface area contributed by atoms with Crippen LogP contribution in [-0.4, -0.2) is 24.7 Å². The summed E-state index contributed by atoms with van der Waals surface area (Å²) in [7, 11) is 0. The molecule has 0 saturated carbocycles. The van der Waals surface area contributed by atoms with Crippen molar-refractivity contribution in [2.24, 2.45) is 0 Å². The molecule has 2 heterocycles. The van der Waals surface area contributed by atoms with Crippen molar-refractivity contribution in [2.75, 3.05) is 6.54 Å². The summed E-state index contributed by atoms with van der Waals surface area (Å²) >= 11 is 0. The average molecular weight is 167 g/mol. The number of rotatable bonds is 1. The van der Waals surface area contributed by atoms with E-state index in [9.17, 15) is 4.79 Å². The molecule has 0 aromatic carbocycles. The zero-order valence-corrected chi connectivity index (χ0v) is 6.95. The predicted molar refractivity (Wildman–Crippen MR) is 44.7 cm³/mol. The molecular weight excluding hydrogens is 154 g/mol. The molecule has 3 nitrogen and oxygen atoms in total. The number of carbonyl (C=O) groups excluding carboxylic acids is 1. The molecule has 1 saturated heterocycles. The molecule has 0 aliphatic carbocycles. The third-order valence-electron chi connectivity index (χ3n) is 2.42. The molecule has 1 N–H and O–H groups in total. The molecule has 0 amide bonds. The molecule has 0 unspecified atom stereocenters. The highest BCUT2D eigenvalue weighted by Gasteiger charge is 2.27. The van der Waals surface area contributed by atoms with E-state index in [1.165, 1.54) is 18.9 Å². The van der Waals surface area contributed by atoms with Gasteiger partial charge in [-0.2, -0.15) is 0 Å². The molecule has 0 aromatic rings. The van der Waals surface area contributed by atoms with Crippen molar-refractivity contribution in [2.45, 2.75) is 31.4 Å². The van der Waals surface area contributed by atoms with Gasteiger partial charge in [0.15, 0.2) is 0 Å². The van der Waals surface area contributed by atoms with E-state index in [-0.39, 0.29) is 12.1 Å². The molecule has 0 spiro atoms. The molecule has 1 fully saturated rings. The Morgan fingerprint density at radius 3 is 3.00 bits per heavy atom. The van der Waals surface area contributed by atoms with Crippen LogP contribution in [0.4, 0.5) is 0 Å². The van der Waals surface area contributed by atoms with Crippen LogP contribution >= 0.6 is 0 Å². The monoisotopic (exact) mass is 167 g/mol. The van der Waals surface area contributed by atoms with Gasteiger partial charge in [-0.15, -0.1) is 0 Å². The fourth-order valence-corrected chi connectivity index (χ4v) is 1.76. The minimum absolute atomic E-state index is 0.0159. The summed E-state index contributed by atoms with van der Waals surface area (Å²) in [5.41, 5.74) is 0. The van der Waals surface area contributed by atoms with Crippen molar-refractivity contribution in [1.82, 2.24) is 5.32 Å². The van der Waals surface area contributed by atoms with E-state index in [0.717, 1.165) is 13.0 Å². The average Bonchev–Trinajstić information content (AvgIpc) is 2.54. The Kier molecular flexibility index (Phi) is 2.13. The normalized spacial score (nSPS) is 35.2. The molecular formula is C9H13NO2. The number of nitrogens with one attached hydrogen (secondary N) is 1. The molecule has 0 aromatic heterocycles. The van der Waals surface area contributed by atoms with Crippen molar-refractivity contribution in [1.29, 1.82) is 0 Å². The van der Waals surface area contributed by atoms with Crippen molar-refractivity contribution >= 4 is 5.97 Å². The standard InChI is InChI=1S/C9H13NO2/c11-9-5-4-8(12-9)7-3-1-2-6-10-7/h4-5,7-8,10H,1-3,6H2/t7-,8+/m0/s1. The Labute approximate surface area is 71.8 Å². The first kappa shape index (κ1) is 7.80. The molecule has 2 aliphatic heterocycles. The Hall–Kier alpha value is -0.830. The van der Waals surface area contributed by atoms with Crippen LogP contribution < -0.4 is 5.32 Å². The first-order valence-corrected chi connectivity index (χ1v) is 4.48. The zero-order chi connectivity index (χ0) is 8.39. The Morgan fingerprint density at radius 1 is 1.50 bits per heavy atom. The second kappa shape index (κ2) is 3.27. The SMILES string of the molecule is O=C1C=C[C@H]([C@@H]2CCCCN2)O1. The Morgan fingerprint density at radius 2 is 2.42 bits per heavy atom. The molecule has 0 radical (unpaired) electrons. The number of cyclic esters (lactones) is 1. The van der Waals surface area contributed by atoms with Gasteiger partial charge in [0.1, 0.15) is 6.10 Å². The van der Waals surface area contributed by atoms with E-state index >= 15 is 0 Å². The van der Waals surface area contributed by atoms with E-state index in [4.69, 9.17) is 4.74 Å². The molecule has 12 heavy (non-hydrogen) atoms. The third-order valence-corrected chi connectivity index (χ3v) is 2.42. The lowest BCUT2D eigenvalue weighted by Crippen LogP contribution is -2.42. The summed E-state index contributed by atoms with van der Waals surface area (Å²) in [5.74, 6) is -0.202. The summed E-state index contributed by atoms with van der Waals surface area (Å²) in [5, 5.41) is 3.35. The molecule has 0 bridgehead atoms. The van der Waals surface area contributed by atoms with Gasteiger partial charge in [-0.25, -0.2) is 4.79 Å². The summed E-state index contributed by atoms with van der Waals surface area (Å²) in [4.78, 5) is 10.8. The van der Waals surface area contributed by atoms with Crippen LogP contribution in [0, 0.1) is 0 Å². The van der Waals surface area contributed by atoms with Crippen LogP contribution in [0.2, 0.25) is 0 Å². The smallest absolute Gasteiger partial charge is 0.331 e. The fraction of sp³-hybridized carbons (Fsp3) is 0.667. The second-order valence-electron chi connectivity index (χ2n) is 3.32. The van der Waals surface area contributed by atoms with Crippen molar-refractivity contribution in [3.63, 3.8) is 0 Å². The maximum Gasteiger partial charge on any atom is 0.331 e. The van der Waals surface area contributed by atoms with Crippen LogP contribution in [0.3, 0.4) is 0 Å². The van der Waals surface area contributed by atoms with Gasteiger partial charge in [0, 0.05) is 12.1 Å². The largest absolute Gasteiger partial charge is 0.453 e. The zero-order valence-electron chi connectivity index (χ0n) is 6.95. The van der Waals surface area contributed by atoms with Crippen LogP contribution in [-0.2, 0) is 9.53 Å².